The van der Waals surface area contributed by atoms with E-state index in [-0.39, 0.29) is 17.8 Å². The second-order valence-corrected chi connectivity index (χ2v) is 5.87. The van der Waals surface area contributed by atoms with E-state index in [4.69, 9.17) is 0 Å². The average molecular weight is 312 g/mol. The number of hydrogen-bond acceptors (Lipinski definition) is 2. The van der Waals surface area contributed by atoms with Gasteiger partial charge in [0.25, 0.3) is 5.91 Å². The van der Waals surface area contributed by atoms with Gasteiger partial charge in [-0.3, -0.25) is 4.79 Å². The summed E-state index contributed by atoms with van der Waals surface area (Å²) in [5.41, 5.74) is 3.96. The maximum atomic E-state index is 13.1. The fraction of sp³-hybridized carbons (Fsp3) is 0.316. The highest BCUT2D eigenvalue weighted by Gasteiger charge is 2.22. The quantitative estimate of drug-likeness (QED) is 0.925. The molecule has 1 aliphatic heterocycles. The predicted octanol–water partition coefficient (Wildman–Crippen LogP) is 4.02. The van der Waals surface area contributed by atoms with Crippen molar-refractivity contribution >= 4 is 11.6 Å². The third kappa shape index (κ3) is 3.07. The molecule has 1 atom stereocenters. The minimum Gasteiger partial charge on any atom is -0.384 e. The van der Waals surface area contributed by atoms with E-state index in [9.17, 15) is 9.18 Å². The first-order valence-corrected chi connectivity index (χ1v) is 8.03. The lowest BCUT2D eigenvalue weighted by molar-refractivity contribution is 0.0702. The second kappa shape index (κ2) is 6.41. The van der Waals surface area contributed by atoms with Crippen LogP contribution in [0.5, 0.6) is 0 Å². The number of anilines is 1. The molecule has 23 heavy (non-hydrogen) atoms. The first-order chi connectivity index (χ1) is 11.1. The Morgan fingerprint density at radius 3 is 2.70 bits per heavy atom. The summed E-state index contributed by atoms with van der Waals surface area (Å²) in [6, 6.07) is 12.1. The minimum absolute atomic E-state index is 0.0130. The summed E-state index contributed by atoms with van der Waals surface area (Å²) in [4.78, 5) is 14.7. The summed E-state index contributed by atoms with van der Waals surface area (Å²) in [6.45, 7) is 5.47. The van der Waals surface area contributed by atoms with Crippen LogP contribution in [0.25, 0.3) is 0 Å². The Bertz CT molecular complexity index is 712. The fourth-order valence-electron chi connectivity index (χ4n) is 3.12. The van der Waals surface area contributed by atoms with E-state index in [1.165, 1.54) is 17.7 Å². The van der Waals surface area contributed by atoms with E-state index in [0.29, 0.717) is 12.1 Å². The maximum absolute atomic E-state index is 13.1. The van der Waals surface area contributed by atoms with Gasteiger partial charge in [-0.25, -0.2) is 4.39 Å². The molecule has 0 spiro atoms. The van der Waals surface area contributed by atoms with Crippen molar-refractivity contribution in [2.75, 3.05) is 18.4 Å². The molecule has 0 aliphatic carbocycles. The molecular weight excluding hydrogens is 291 g/mol. The number of nitrogens with one attached hydrogen (secondary N) is 1. The molecule has 0 saturated carbocycles. The fourth-order valence-corrected chi connectivity index (χ4v) is 3.12. The van der Waals surface area contributed by atoms with E-state index in [1.54, 1.807) is 12.1 Å². The molecule has 0 saturated heterocycles. The molecule has 3 rings (SSSR count). The summed E-state index contributed by atoms with van der Waals surface area (Å²) in [7, 11) is 0. The number of nitrogens with zero attached hydrogens (tertiary/aromatic N) is 1. The highest BCUT2D eigenvalue weighted by atomic mass is 19.1. The van der Waals surface area contributed by atoms with Crippen LogP contribution in [0.3, 0.4) is 0 Å². The summed E-state index contributed by atoms with van der Waals surface area (Å²) in [6.07, 6.45) is 0.954. The van der Waals surface area contributed by atoms with Crippen molar-refractivity contribution in [1.29, 1.82) is 0 Å². The van der Waals surface area contributed by atoms with Gasteiger partial charge in [-0.15, -0.1) is 0 Å². The molecule has 3 nitrogen and oxygen atoms in total. The van der Waals surface area contributed by atoms with Crippen molar-refractivity contribution in [2.24, 2.45) is 0 Å². The van der Waals surface area contributed by atoms with Crippen LogP contribution in [0.4, 0.5) is 10.1 Å². The lowest BCUT2D eigenvalue weighted by Crippen LogP contribution is -2.33. The van der Waals surface area contributed by atoms with Gasteiger partial charge in [0, 0.05) is 24.3 Å². The Morgan fingerprint density at radius 1 is 1.26 bits per heavy atom. The van der Waals surface area contributed by atoms with E-state index in [0.717, 1.165) is 24.2 Å². The molecule has 2 aromatic rings. The first kappa shape index (κ1) is 15.5. The molecule has 1 amide bonds. The zero-order chi connectivity index (χ0) is 16.4. The van der Waals surface area contributed by atoms with Crippen molar-refractivity contribution in [1.82, 2.24) is 4.90 Å². The Morgan fingerprint density at radius 2 is 2.00 bits per heavy atom. The molecule has 4 heteroatoms. The summed E-state index contributed by atoms with van der Waals surface area (Å²) >= 11 is 0. The number of halogens is 1. The van der Waals surface area contributed by atoms with Crippen molar-refractivity contribution in [2.45, 2.75) is 26.3 Å². The molecule has 1 N–H and O–H groups in total. The molecule has 0 fully saturated rings. The smallest absolute Gasteiger partial charge is 0.254 e. The third-order valence-electron chi connectivity index (χ3n) is 4.48. The van der Waals surface area contributed by atoms with Gasteiger partial charge in [0.1, 0.15) is 5.82 Å². The maximum Gasteiger partial charge on any atom is 0.254 e. The number of benzene rings is 2. The zero-order valence-corrected chi connectivity index (χ0v) is 13.5. The number of amides is 1. The van der Waals surface area contributed by atoms with E-state index >= 15 is 0 Å². The van der Waals surface area contributed by atoms with E-state index in [2.05, 4.69) is 5.32 Å². The van der Waals surface area contributed by atoms with Crippen LogP contribution in [-0.2, 0) is 6.42 Å². The number of carbonyl (C=O) groups is 1. The SMILES string of the molecule is CCN(C(=O)c1ccc2c(c1)CCN2)C(C)c1ccc(F)cc1. The topological polar surface area (TPSA) is 32.3 Å². The summed E-state index contributed by atoms with van der Waals surface area (Å²) < 4.78 is 13.1. The van der Waals surface area contributed by atoms with Crippen LogP contribution in [0.2, 0.25) is 0 Å². The van der Waals surface area contributed by atoms with Gasteiger partial charge in [-0.05, 0) is 61.7 Å². The Hall–Kier alpha value is -2.36. The monoisotopic (exact) mass is 312 g/mol. The Kier molecular flexibility index (Phi) is 4.33. The summed E-state index contributed by atoms with van der Waals surface area (Å²) in [5.74, 6) is -0.250. The third-order valence-corrected chi connectivity index (χ3v) is 4.48. The van der Waals surface area contributed by atoms with Gasteiger partial charge in [-0.2, -0.15) is 0 Å². The van der Waals surface area contributed by atoms with Gasteiger partial charge >= 0.3 is 0 Å². The van der Waals surface area contributed by atoms with Crippen LogP contribution in [0, 0.1) is 5.82 Å². The van der Waals surface area contributed by atoms with Crippen molar-refractivity contribution in [3.05, 3.63) is 65.0 Å². The Labute approximate surface area is 136 Å². The molecule has 1 unspecified atom stereocenters. The molecule has 0 radical (unpaired) electrons. The second-order valence-electron chi connectivity index (χ2n) is 5.87. The summed E-state index contributed by atoms with van der Waals surface area (Å²) in [5, 5.41) is 3.30. The number of hydrogen-bond donors (Lipinski definition) is 1. The van der Waals surface area contributed by atoms with Gasteiger partial charge < -0.3 is 10.2 Å². The van der Waals surface area contributed by atoms with Crippen LogP contribution in [0.15, 0.2) is 42.5 Å². The normalized spacial score (nSPS) is 14.0. The average Bonchev–Trinajstić information content (AvgIpc) is 3.03. The van der Waals surface area contributed by atoms with Crippen LogP contribution >= 0.6 is 0 Å². The van der Waals surface area contributed by atoms with E-state index in [1.807, 2.05) is 36.9 Å². The molecule has 2 aromatic carbocycles. The molecule has 0 aromatic heterocycles. The van der Waals surface area contributed by atoms with Gasteiger partial charge in [0.05, 0.1) is 6.04 Å². The molecule has 1 heterocycles. The molecule has 1 aliphatic rings. The van der Waals surface area contributed by atoms with Crippen LogP contribution in [-0.4, -0.2) is 23.9 Å². The molecule has 0 bridgehead atoms. The molecule has 120 valence electrons. The Balaban J connectivity index is 1.85. The number of fused-ring (bicyclic) bond motifs is 1. The number of rotatable bonds is 4. The van der Waals surface area contributed by atoms with Gasteiger partial charge in [0.2, 0.25) is 0 Å². The largest absolute Gasteiger partial charge is 0.384 e. The van der Waals surface area contributed by atoms with Crippen molar-refractivity contribution in [3.8, 4) is 0 Å². The van der Waals surface area contributed by atoms with Crippen LogP contribution < -0.4 is 5.32 Å². The van der Waals surface area contributed by atoms with Crippen molar-refractivity contribution < 1.29 is 9.18 Å². The lowest BCUT2D eigenvalue weighted by atomic mass is 10.0. The minimum atomic E-state index is -0.263. The first-order valence-electron chi connectivity index (χ1n) is 8.03. The predicted molar refractivity (Wildman–Crippen MR) is 90.2 cm³/mol. The zero-order valence-electron chi connectivity index (χ0n) is 13.5. The highest BCUT2D eigenvalue weighted by molar-refractivity contribution is 5.95. The van der Waals surface area contributed by atoms with Gasteiger partial charge in [-0.1, -0.05) is 12.1 Å². The standard InChI is InChI=1S/C19H21FN2O/c1-3-22(13(2)14-4-7-17(20)8-5-14)19(23)16-6-9-18-15(12-16)10-11-21-18/h4-9,12-13,21H,3,10-11H2,1-2H3. The number of carbonyl (C=O) groups excluding carboxylic acids is 1. The lowest BCUT2D eigenvalue weighted by Gasteiger charge is -2.28. The van der Waals surface area contributed by atoms with E-state index < -0.39 is 0 Å². The highest BCUT2D eigenvalue weighted by Crippen LogP contribution is 2.26. The molecular formula is C19H21FN2O. The van der Waals surface area contributed by atoms with Crippen LogP contribution in [0.1, 0.15) is 41.4 Å². The van der Waals surface area contributed by atoms with Crippen molar-refractivity contribution in [3.63, 3.8) is 0 Å². The van der Waals surface area contributed by atoms with Gasteiger partial charge in [0.15, 0.2) is 0 Å².